The number of hydrogen-bond acceptors (Lipinski definition) is 4. The van der Waals surface area contributed by atoms with Crippen LogP contribution in [0.25, 0.3) is 0 Å². The first-order chi connectivity index (χ1) is 10.2. The molecule has 2 rings (SSSR count). The van der Waals surface area contributed by atoms with E-state index in [1.165, 1.54) is 19.3 Å². The Morgan fingerprint density at radius 2 is 2.14 bits per heavy atom. The minimum absolute atomic E-state index is 0.390. The fourth-order valence-corrected chi connectivity index (χ4v) is 4.09. The quantitative estimate of drug-likeness (QED) is 0.642. The van der Waals surface area contributed by atoms with Gasteiger partial charge in [0, 0.05) is 17.8 Å². The van der Waals surface area contributed by atoms with Crippen LogP contribution in [0.4, 0.5) is 0 Å². The lowest BCUT2D eigenvalue weighted by molar-refractivity contribution is 0.0125. The second-order valence-corrected chi connectivity index (χ2v) is 8.02. The van der Waals surface area contributed by atoms with E-state index in [0.717, 1.165) is 26.0 Å². The summed E-state index contributed by atoms with van der Waals surface area (Å²) in [6.07, 6.45) is 12.6. The van der Waals surface area contributed by atoms with Crippen molar-refractivity contribution in [2.24, 2.45) is 11.8 Å². The third kappa shape index (κ3) is 5.27. The number of nitrogens with one attached hydrogen (secondary N) is 1. The van der Waals surface area contributed by atoms with E-state index >= 15 is 0 Å². The van der Waals surface area contributed by atoms with Gasteiger partial charge in [-0.05, 0) is 43.8 Å². The Labute approximate surface area is 133 Å². The summed E-state index contributed by atoms with van der Waals surface area (Å²) in [4.78, 5) is 0. The highest BCUT2D eigenvalue weighted by Gasteiger charge is 2.35. The third-order valence-electron chi connectivity index (χ3n) is 5.09. The first-order valence-electron chi connectivity index (χ1n) is 8.32. The fourth-order valence-electron chi connectivity index (χ4n) is 3.14. The Balaban J connectivity index is 1.53. The van der Waals surface area contributed by atoms with Crippen molar-refractivity contribution < 1.29 is 9.84 Å². The summed E-state index contributed by atoms with van der Waals surface area (Å²) >= 11 is 1.97. The molecule has 1 fully saturated rings. The molecule has 4 heteroatoms. The molecular formula is C17H31NO2S. The Kier molecular flexibility index (Phi) is 7.06. The summed E-state index contributed by atoms with van der Waals surface area (Å²) in [5.41, 5.74) is 0. The van der Waals surface area contributed by atoms with Crippen LogP contribution >= 0.6 is 11.8 Å². The van der Waals surface area contributed by atoms with Gasteiger partial charge in [0.1, 0.15) is 0 Å². The maximum absolute atomic E-state index is 10.00. The van der Waals surface area contributed by atoms with E-state index in [9.17, 15) is 5.11 Å². The Morgan fingerprint density at radius 1 is 1.38 bits per heavy atom. The minimum atomic E-state index is -0.390. The molecule has 0 bridgehead atoms. The normalized spacial score (nSPS) is 29.1. The Morgan fingerprint density at radius 3 is 2.76 bits per heavy atom. The number of rotatable bonds is 9. The largest absolute Gasteiger partial charge is 0.389 e. The van der Waals surface area contributed by atoms with Crippen molar-refractivity contribution in [3.63, 3.8) is 0 Å². The molecule has 21 heavy (non-hydrogen) atoms. The molecule has 0 radical (unpaired) electrons. The van der Waals surface area contributed by atoms with Gasteiger partial charge in [-0.15, -0.1) is 0 Å². The molecule has 0 heterocycles. The number of ether oxygens (including phenoxy) is 1. The molecule has 0 aromatic carbocycles. The number of allylic oxidation sites excluding steroid dienone is 2. The van der Waals surface area contributed by atoms with E-state index in [1.807, 2.05) is 11.8 Å². The molecular weight excluding hydrogens is 282 g/mol. The second kappa shape index (κ2) is 8.56. The lowest BCUT2D eigenvalue weighted by atomic mass is 9.84. The van der Waals surface area contributed by atoms with Crippen LogP contribution in [0.1, 0.15) is 39.0 Å². The van der Waals surface area contributed by atoms with Gasteiger partial charge in [-0.3, -0.25) is 0 Å². The highest BCUT2D eigenvalue weighted by atomic mass is 32.2. The average Bonchev–Trinajstić information content (AvgIpc) is 2.44. The van der Waals surface area contributed by atoms with E-state index in [1.54, 1.807) is 0 Å². The van der Waals surface area contributed by atoms with Crippen LogP contribution < -0.4 is 5.32 Å². The molecule has 2 aliphatic carbocycles. The molecule has 0 aromatic rings. The molecule has 2 N–H and O–H groups in total. The van der Waals surface area contributed by atoms with Gasteiger partial charge in [0.05, 0.1) is 19.3 Å². The van der Waals surface area contributed by atoms with E-state index in [2.05, 4.69) is 30.6 Å². The molecule has 0 amide bonds. The van der Waals surface area contributed by atoms with Crippen molar-refractivity contribution in [1.82, 2.24) is 5.32 Å². The van der Waals surface area contributed by atoms with Gasteiger partial charge in [-0.2, -0.15) is 11.8 Å². The van der Waals surface area contributed by atoms with Crippen molar-refractivity contribution in [1.29, 1.82) is 0 Å². The highest BCUT2D eigenvalue weighted by Crippen LogP contribution is 2.42. The van der Waals surface area contributed by atoms with Crippen molar-refractivity contribution in [3.05, 3.63) is 12.2 Å². The van der Waals surface area contributed by atoms with Crippen LogP contribution in [0.2, 0.25) is 0 Å². The topological polar surface area (TPSA) is 41.5 Å². The molecule has 3 nitrogen and oxygen atoms in total. The van der Waals surface area contributed by atoms with E-state index in [0.29, 0.717) is 29.7 Å². The molecule has 0 aliphatic heterocycles. The highest BCUT2D eigenvalue weighted by molar-refractivity contribution is 8.00. The van der Waals surface area contributed by atoms with Gasteiger partial charge < -0.3 is 15.2 Å². The van der Waals surface area contributed by atoms with E-state index in [4.69, 9.17) is 4.74 Å². The van der Waals surface area contributed by atoms with Crippen LogP contribution in [-0.4, -0.2) is 48.5 Å². The summed E-state index contributed by atoms with van der Waals surface area (Å²) in [6.45, 7) is 5.16. The molecule has 1 saturated carbocycles. The first-order valence-corrected chi connectivity index (χ1v) is 9.54. The SMILES string of the molecule is CSC1(CNCC(O)COCC2CC=CCC2C)CCC1. The molecule has 0 saturated heterocycles. The van der Waals surface area contributed by atoms with Gasteiger partial charge in [0.25, 0.3) is 0 Å². The average molecular weight is 314 g/mol. The Bertz CT molecular complexity index is 325. The summed E-state index contributed by atoms with van der Waals surface area (Å²) in [5, 5.41) is 13.4. The Hall–Kier alpha value is -0.0300. The smallest absolute Gasteiger partial charge is 0.0897 e. The van der Waals surface area contributed by atoms with E-state index in [-0.39, 0.29) is 0 Å². The van der Waals surface area contributed by atoms with Crippen molar-refractivity contribution in [2.45, 2.75) is 49.9 Å². The predicted molar refractivity (Wildman–Crippen MR) is 90.8 cm³/mol. The zero-order chi connectivity index (χ0) is 15.1. The fraction of sp³-hybridized carbons (Fsp3) is 0.882. The lowest BCUT2D eigenvalue weighted by Gasteiger charge is -2.40. The summed E-state index contributed by atoms with van der Waals surface area (Å²) < 4.78 is 6.16. The zero-order valence-electron chi connectivity index (χ0n) is 13.5. The molecule has 2 aliphatic rings. The number of hydrogen-bond donors (Lipinski definition) is 2. The van der Waals surface area contributed by atoms with Gasteiger partial charge >= 0.3 is 0 Å². The van der Waals surface area contributed by atoms with Gasteiger partial charge in [-0.25, -0.2) is 0 Å². The predicted octanol–water partition coefficient (Wildman–Crippen LogP) is 2.84. The van der Waals surface area contributed by atoms with Crippen LogP contribution in [0, 0.1) is 11.8 Å². The number of thioether (sulfide) groups is 1. The molecule has 0 aromatic heterocycles. The van der Waals surface area contributed by atoms with Crippen LogP contribution in [0.5, 0.6) is 0 Å². The maximum Gasteiger partial charge on any atom is 0.0897 e. The number of aliphatic hydroxyl groups is 1. The summed E-state index contributed by atoms with van der Waals surface area (Å²) in [6, 6.07) is 0. The van der Waals surface area contributed by atoms with Crippen LogP contribution in [0.15, 0.2) is 12.2 Å². The van der Waals surface area contributed by atoms with Crippen LogP contribution in [-0.2, 0) is 4.74 Å². The summed E-state index contributed by atoms with van der Waals surface area (Å²) in [5.74, 6) is 1.32. The van der Waals surface area contributed by atoms with Crippen molar-refractivity contribution >= 4 is 11.8 Å². The molecule has 3 unspecified atom stereocenters. The molecule has 122 valence electrons. The van der Waals surface area contributed by atoms with Gasteiger partial charge in [0.15, 0.2) is 0 Å². The first kappa shape index (κ1) is 17.3. The van der Waals surface area contributed by atoms with E-state index < -0.39 is 6.10 Å². The number of aliphatic hydroxyl groups excluding tert-OH is 1. The third-order valence-corrected chi connectivity index (χ3v) is 6.50. The minimum Gasteiger partial charge on any atom is -0.389 e. The van der Waals surface area contributed by atoms with Crippen molar-refractivity contribution in [2.75, 3.05) is 32.6 Å². The maximum atomic E-state index is 10.00. The zero-order valence-corrected chi connectivity index (χ0v) is 14.3. The molecule has 0 spiro atoms. The van der Waals surface area contributed by atoms with Gasteiger partial charge in [0.2, 0.25) is 0 Å². The standard InChI is InChI=1S/C17H31NO2S/c1-14-6-3-4-7-15(14)11-20-12-16(19)10-18-13-17(21-2)8-5-9-17/h3-4,14-16,18-19H,5-13H2,1-2H3. The monoisotopic (exact) mass is 313 g/mol. The van der Waals surface area contributed by atoms with Crippen LogP contribution in [0.3, 0.4) is 0 Å². The lowest BCUT2D eigenvalue weighted by Crippen LogP contribution is -2.45. The van der Waals surface area contributed by atoms with Gasteiger partial charge in [-0.1, -0.05) is 25.5 Å². The second-order valence-electron chi connectivity index (χ2n) is 6.74. The van der Waals surface area contributed by atoms with Crippen molar-refractivity contribution in [3.8, 4) is 0 Å². The summed E-state index contributed by atoms with van der Waals surface area (Å²) in [7, 11) is 0. The molecule has 3 atom stereocenters.